The molecule has 1 aliphatic rings. The number of nitrogens with one attached hydrogen (secondary N) is 2. The van der Waals surface area contributed by atoms with E-state index in [-0.39, 0.29) is 23.6 Å². The van der Waals surface area contributed by atoms with E-state index in [1.165, 1.54) is 0 Å². The quantitative estimate of drug-likeness (QED) is 0.547. The van der Waals surface area contributed by atoms with E-state index < -0.39 is 6.04 Å². The second-order valence-corrected chi connectivity index (χ2v) is 9.52. The van der Waals surface area contributed by atoms with Crippen LogP contribution in [0, 0.1) is 11.8 Å². The zero-order valence-corrected chi connectivity index (χ0v) is 21.0. The molecule has 0 aliphatic carbocycles. The average molecular weight is 480 g/mol. The van der Waals surface area contributed by atoms with Crippen LogP contribution in [0.4, 0.5) is 0 Å². The average Bonchev–Trinajstić information content (AvgIpc) is 2.89. The summed E-state index contributed by atoms with van der Waals surface area (Å²) < 4.78 is 5.16. The molecule has 1 fully saturated rings. The molecule has 7 heteroatoms. The molecule has 35 heavy (non-hydrogen) atoms. The topological polar surface area (TPSA) is 87.7 Å². The second kappa shape index (κ2) is 12.9. The summed E-state index contributed by atoms with van der Waals surface area (Å²) in [6, 6.07) is 16.2. The van der Waals surface area contributed by atoms with Crippen LogP contribution in [0.3, 0.4) is 0 Å². The zero-order valence-electron chi connectivity index (χ0n) is 21.0. The summed E-state index contributed by atoms with van der Waals surface area (Å²) in [5.41, 5.74) is 1.62. The van der Waals surface area contributed by atoms with Crippen LogP contribution >= 0.6 is 0 Å². The number of likely N-dealkylation sites (tertiary alicyclic amines) is 1. The van der Waals surface area contributed by atoms with E-state index in [4.69, 9.17) is 4.74 Å². The van der Waals surface area contributed by atoms with Crippen LogP contribution in [-0.4, -0.2) is 55.4 Å². The van der Waals surface area contributed by atoms with Crippen LogP contribution in [0.1, 0.15) is 49.0 Å². The lowest BCUT2D eigenvalue weighted by Gasteiger charge is -2.36. The Labute approximate surface area is 208 Å². The second-order valence-electron chi connectivity index (χ2n) is 9.52. The number of carbonyl (C=O) groups excluding carboxylic acids is 3. The van der Waals surface area contributed by atoms with E-state index in [2.05, 4.69) is 10.6 Å². The number of methoxy groups -OCH3 is 1. The Morgan fingerprint density at radius 3 is 2.26 bits per heavy atom. The Morgan fingerprint density at radius 1 is 1.00 bits per heavy atom. The largest absolute Gasteiger partial charge is 0.497 e. The van der Waals surface area contributed by atoms with E-state index in [0.29, 0.717) is 56.1 Å². The highest BCUT2D eigenvalue weighted by molar-refractivity contribution is 5.97. The molecule has 1 saturated heterocycles. The third-order valence-electron chi connectivity index (χ3n) is 6.44. The van der Waals surface area contributed by atoms with Gasteiger partial charge in [0, 0.05) is 31.6 Å². The van der Waals surface area contributed by atoms with Gasteiger partial charge in [-0.3, -0.25) is 14.4 Å². The first kappa shape index (κ1) is 26.3. The van der Waals surface area contributed by atoms with Gasteiger partial charge in [0.05, 0.1) is 7.11 Å². The van der Waals surface area contributed by atoms with E-state index in [0.717, 1.165) is 12.0 Å². The first-order chi connectivity index (χ1) is 16.9. The highest BCUT2D eigenvalue weighted by Crippen LogP contribution is 2.23. The molecule has 1 atom stereocenters. The van der Waals surface area contributed by atoms with Crippen LogP contribution in [0.25, 0.3) is 0 Å². The Hall–Kier alpha value is -3.35. The molecular formula is C28H37N3O4. The molecule has 0 saturated carbocycles. The number of nitrogens with zero attached hydrogens (tertiary/aromatic N) is 1. The number of hydrogen-bond acceptors (Lipinski definition) is 4. The molecule has 188 valence electrons. The van der Waals surface area contributed by atoms with Gasteiger partial charge in [-0.25, -0.2) is 0 Å². The Morgan fingerprint density at radius 2 is 1.66 bits per heavy atom. The Kier molecular flexibility index (Phi) is 9.70. The summed E-state index contributed by atoms with van der Waals surface area (Å²) >= 11 is 0. The van der Waals surface area contributed by atoms with Crippen molar-refractivity contribution in [1.29, 1.82) is 0 Å². The molecule has 2 aromatic rings. The van der Waals surface area contributed by atoms with Gasteiger partial charge in [-0.15, -0.1) is 0 Å². The van der Waals surface area contributed by atoms with Gasteiger partial charge in [0.1, 0.15) is 11.8 Å². The summed E-state index contributed by atoms with van der Waals surface area (Å²) in [4.78, 5) is 40.6. The van der Waals surface area contributed by atoms with Crippen molar-refractivity contribution < 1.29 is 19.1 Å². The van der Waals surface area contributed by atoms with Gasteiger partial charge in [-0.05, 0) is 60.9 Å². The summed E-state index contributed by atoms with van der Waals surface area (Å²) in [5, 5.41) is 5.93. The molecule has 0 spiro atoms. The van der Waals surface area contributed by atoms with E-state index in [1.807, 2.05) is 49.1 Å². The molecule has 0 aromatic heterocycles. The Balaban J connectivity index is 1.60. The summed E-state index contributed by atoms with van der Waals surface area (Å²) in [6.45, 7) is 5.79. The monoisotopic (exact) mass is 479 g/mol. The smallest absolute Gasteiger partial charge is 0.251 e. The van der Waals surface area contributed by atoms with Gasteiger partial charge in [0.15, 0.2) is 0 Å². The minimum atomic E-state index is -0.648. The first-order valence-electron chi connectivity index (χ1n) is 12.4. The van der Waals surface area contributed by atoms with Gasteiger partial charge in [0.25, 0.3) is 5.91 Å². The maximum atomic E-state index is 13.1. The van der Waals surface area contributed by atoms with Gasteiger partial charge in [0.2, 0.25) is 11.8 Å². The van der Waals surface area contributed by atoms with Crippen LogP contribution in [0.5, 0.6) is 5.75 Å². The van der Waals surface area contributed by atoms with Crippen molar-refractivity contribution in [1.82, 2.24) is 15.5 Å². The molecular weight excluding hydrogens is 442 g/mol. The molecule has 2 aromatic carbocycles. The fourth-order valence-corrected chi connectivity index (χ4v) is 4.32. The molecule has 2 N–H and O–H groups in total. The number of rotatable bonds is 10. The molecule has 0 bridgehead atoms. The van der Waals surface area contributed by atoms with Crippen LogP contribution in [0.15, 0.2) is 54.6 Å². The van der Waals surface area contributed by atoms with E-state index in [1.54, 1.807) is 31.4 Å². The zero-order chi connectivity index (χ0) is 25.2. The number of hydrogen-bond donors (Lipinski definition) is 2. The summed E-state index contributed by atoms with van der Waals surface area (Å²) in [6.07, 6.45) is 2.53. The maximum Gasteiger partial charge on any atom is 0.251 e. The SMILES string of the molecule is COc1ccc(C(=O)N[C@H](C(=O)NCC(C)C)C2CCN(C(=O)CCc3ccccc3)CC2)cc1. The summed E-state index contributed by atoms with van der Waals surface area (Å²) in [7, 11) is 1.57. The highest BCUT2D eigenvalue weighted by atomic mass is 16.5. The molecule has 0 radical (unpaired) electrons. The molecule has 1 heterocycles. The number of carbonyl (C=O) groups is 3. The Bertz CT molecular complexity index is 967. The van der Waals surface area contributed by atoms with Crippen molar-refractivity contribution in [3.8, 4) is 5.75 Å². The lowest BCUT2D eigenvalue weighted by molar-refractivity contribution is -0.133. The van der Waals surface area contributed by atoms with E-state index in [9.17, 15) is 14.4 Å². The molecule has 3 amide bonds. The summed E-state index contributed by atoms with van der Waals surface area (Å²) in [5.74, 6) is 0.601. The number of piperidine rings is 1. The molecule has 0 unspecified atom stereocenters. The van der Waals surface area contributed by atoms with Crippen molar-refractivity contribution >= 4 is 17.7 Å². The van der Waals surface area contributed by atoms with Crippen LogP contribution in [0.2, 0.25) is 0 Å². The molecule has 7 nitrogen and oxygen atoms in total. The van der Waals surface area contributed by atoms with Crippen molar-refractivity contribution in [2.45, 2.75) is 45.6 Å². The van der Waals surface area contributed by atoms with E-state index >= 15 is 0 Å². The molecule has 1 aliphatic heterocycles. The predicted octanol–water partition coefficient (Wildman–Crippen LogP) is 3.44. The fraction of sp³-hybridized carbons (Fsp3) is 0.464. The van der Waals surface area contributed by atoms with Gasteiger partial charge in [-0.1, -0.05) is 44.2 Å². The normalized spacial score (nSPS) is 14.9. The van der Waals surface area contributed by atoms with Gasteiger partial charge in [-0.2, -0.15) is 0 Å². The highest BCUT2D eigenvalue weighted by Gasteiger charge is 2.34. The minimum absolute atomic E-state index is 0.0393. The van der Waals surface area contributed by atoms with Crippen LogP contribution in [-0.2, 0) is 16.0 Å². The number of aryl methyl sites for hydroxylation is 1. The number of ether oxygens (including phenoxy) is 1. The maximum absolute atomic E-state index is 13.1. The third kappa shape index (κ3) is 7.84. The van der Waals surface area contributed by atoms with Crippen molar-refractivity contribution in [3.63, 3.8) is 0 Å². The predicted molar refractivity (Wildman–Crippen MR) is 136 cm³/mol. The number of benzene rings is 2. The van der Waals surface area contributed by atoms with Crippen molar-refractivity contribution in [2.24, 2.45) is 11.8 Å². The van der Waals surface area contributed by atoms with Crippen molar-refractivity contribution in [2.75, 3.05) is 26.7 Å². The standard InChI is InChI=1S/C28H37N3O4/c1-20(2)19-29-28(34)26(30-27(33)23-10-12-24(35-3)13-11-23)22-15-17-31(18-16-22)25(32)14-9-21-7-5-4-6-8-21/h4-8,10-13,20,22,26H,9,14-19H2,1-3H3,(H,29,34)(H,30,33)/t26-/m0/s1. The lowest BCUT2D eigenvalue weighted by Crippen LogP contribution is -2.54. The first-order valence-corrected chi connectivity index (χ1v) is 12.4. The fourth-order valence-electron chi connectivity index (χ4n) is 4.32. The van der Waals surface area contributed by atoms with Crippen LogP contribution < -0.4 is 15.4 Å². The minimum Gasteiger partial charge on any atom is -0.497 e. The van der Waals surface area contributed by atoms with Gasteiger partial charge >= 0.3 is 0 Å². The van der Waals surface area contributed by atoms with Gasteiger partial charge < -0.3 is 20.3 Å². The number of amides is 3. The third-order valence-corrected chi connectivity index (χ3v) is 6.44. The van der Waals surface area contributed by atoms with Crippen molar-refractivity contribution in [3.05, 3.63) is 65.7 Å². The lowest BCUT2D eigenvalue weighted by atomic mass is 9.88. The molecule has 3 rings (SSSR count).